The highest BCUT2D eigenvalue weighted by Crippen LogP contribution is 2.17. The van der Waals surface area contributed by atoms with E-state index in [1.54, 1.807) is 0 Å². The zero-order valence-corrected chi connectivity index (χ0v) is 9.88. The predicted molar refractivity (Wildman–Crippen MR) is 63.8 cm³/mol. The van der Waals surface area contributed by atoms with E-state index >= 15 is 0 Å². The fourth-order valence-electron chi connectivity index (χ4n) is 1.61. The van der Waals surface area contributed by atoms with Gasteiger partial charge in [0.2, 0.25) is 0 Å². The largest absolute Gasteiger partial charge is 0.391 e. The van der Waals surface area contributed by atoms with Gasteiger partial charge in [0.1, 0.15) is 0 Å². The molecule has 0 unspecified atom stereocenters. The number of benzene rings is 1. The first-order valence-corrected chi connectivity index (χ1v) is 5.79. The Hall–Kier alpha value is -1.09. The number of carbonyl (C=O) groups is 1. The molecule has 0 spiro atoms. The number of nitrogens with one attached hydrogen (secondary N) is 1. The molecule has 1 N–H and O–H groups in total. The Morgan fingerprint density at radius 2 is 2.00 bits per heavy atom. The summed E-state index contributed by atoms with van der Waals surface area (Å²) in [6, 6.07) is 7.48. The first kappa shape index (κ1) is 10.4. The summed E-state index contributed by atoms with van der Waals surface area (Å²) in [5.41, 5.74) is 1.64. The summed E-state index contributed by atoms with van der Waals surface area (Å²) in [4.78, 5) is 12.0. The van der Waals surface area contributed by atoms with Crippen molar-refractivity contribution in [1.29, 1.82) is 0 Å². The second-order valence-electron chi connectivity index (χ2n) is 3.56. The summed E-state index contributed by atoms with van der Waals surface area (Å²) < 4.78 is 0.995. The summed E-state index contributed by atoms with van der Waals surface area (Å²) >= 11 is 3.35. The van der Waals surface area contributed by atoms with Crippen molar-refractivity contribution >= 4 is 21.7 Å². The van der Waals surface area contributed by atoms with Gasteiger partial charge in [0, 0.05) is 28.4 Å². The minimum atomic E-state index is 0.134. The number of halogens is 1. The van der Waals surface area contributed by atoms with Gasteiger partial charge in [-0.1, -0.05) is 15.9 Å². The smallest absolute Gasteiger partial charge is 0.190 e. The summed E-state index contributed by atoms with van der Waals surface area (Å²) in [6.45, 7) is 0.969. The fraction of sp³-hybridized carbons (Fsp3) is 0.250. The second-order valence-corrected chi connectivity index (χ2v) is 4.48. The number of hydrogen-bond donors (Lipinski definition) is 1. The van der Waals surface area contributed by atoms with E-state index in [9.17, 15) is 4.79 Å². The van der Waals surface area contributed by atoms with Gasteiger partial charge in [-0.15, -0.1) is 0 Å². The van der Waals surface area contributed by atoms with Gasteiger partial charge in [-0.25, -0.2) is 0 Å². The molecule has 0 saturated heterocycles. The van der Waals surface area contributed by atoms with Gasteiger partial charge in [-0.3, -0.25) is 4.79 Å². The Kier molecular flexibility index (Phi) is 3.21. The van der Waals surface area contributed by atoms with Crippen LogP contribution in [0.3, 0.4) is 0 Å². The van der Waals surface area contributed by atoms with Crippen LogP contribution in [-0.2, 0) is 0 Å². The maximum Gasteiger partial charge on any atom is 0.190 e. The third-order valence-corrected chi connectivity index (χ3v) is 2.97. The van der Waals surface area contributed by atoms with Crippen LogP contribution in [0.25, 0.3) is 0 Å². The molecule has 78 valence electrons. The van der Waals surface area contributed by atoms with E-state index in [-0.39, 0.29) is 5.78 Å². The highest BCUT2D eigenvalue weighted by molar-refractivity contribution is 9.10. The molecule has 3 heteroatoms. The van der Waals surface area contributed by atoms with E-state index in [4.69, 9.17) is 0 Å². The molecular formula is C12H12BrNO. The van der Waals surface area contributed by atoms with E-state index in [1.807, 2.05) is 30.5 Å². The molecular weight excluding hydrogens is 254 g/mol. The summed E-state index contributed by atoms with van der Waals surface area (Å²) in [5, 5.41) is 3.10. The third-order valence-electron chi connectivity index (χ3n) is 2.44. The highest BCUT2D eigenvalue weighted by Gasteiger charge is 2.13. The average molecular weight is 266 g/mol. The second kappa shape index (κ2) is 4.62. The van der Waals surface area contributed by atoms with E-state index in [1.165, 1.54) is 0 Å². The van der Waals surface area contributed by atoms with Crippen molar-refractivity contribution in [3.63, 3.8) is 0 Å². The first-order valence-electron chi connectivity index (χ1n) is 5.00. The van der Waals surface area contributed by atoms with Gasteiger partial charge < -0.3 is 5.32 Å². The van der Waals surface area contributed by atoms with E-state index in [2.05, 4.69) is 21.2 Å². The SMILES string of the molecule is O=C(C1=CNCCC1)c1ccc(Br)cc1. The predicted octanol–water partition coefficient (Wildman–Crippen LogP) is 2.90. The van der Waals surface area contributed by atoms with Crippen molar-refractivity contribution in [3.8, 4) is 0 Å². The molecule has 2 rings (SSSR count). The molecule has 0 atom stereocenters. The Morgan fingerprint density at radius 3 is 2.60 bits per heavy atom. The molecule has 2 nitrogen and oxygen atoms in total. The van der Waals surface area contributed by atoms with Gasteiger partial charge in [0.05, 0.1) is 0 Å². The monoisotopic (exact) mass is 265 g/mol. The van der Waals surface area contributed by atoms with E-state index < -0.39 is 0 Å². The molecule has 0 saturated carbocycles. The van der Waals surface area contributed by atoms with Gasteiger partial charge >= 0.3 is 0 Å². The van der Waals surface area contributed by atoms with Crippen molar-refractivity contribution in [2.24, 2.45) is 0 Å². The molecule has 1 aliphatic heterocycles. The lowest BCUT2D eigenvalue weighted by atomic mass is 9.99. The summed E-state index contributed by atoms with van der Waals surface area (Å²) in [5.74, 6) is 0.134. The van der Waals surface area contributed by atoms with Crippen LogP contribution >= 0.6 is 15.9 Å². The quantitative estimate of drug-likeness (QED) is 0.834. The molecule has 15 heavy (non-hydrogen) atoms. The Balaban J connectivity index is 2.20. The molecule has 1 heterocycles. The molecule has 1 aromatic carbocycles. The van der Waals surface area contributed by atoms with Crippen LogP contribution in [0, 0.1) is 0 Å². The number of hydrogen-bond acceptors (Lipinski definition) is 2. The molecule has 0 aromatic heterocycles. The van der Waals surface area contributed by atoms with Gasteiger partial charge in [0.15, 0.2) is 5.78 Å². The topological polar surface area (TPSA) is 29.1 Å². The lowest BCUT2D eigenvalue weighted by molar-refractivity contribution is 0.102. The number of carbonyl (C=O) groups excluding carboxylic acids is 1. The van der Waals surface area contributed by atoms with Crippen LogP contribution in [0.5, 0.6) is 0 Å². The van der Waals surface area contributed by atoms with Crippen LogP contribution in [-0.4, -0.2) is 12.3 Å². The molecule has 0 bridgehead atoms. The summed E-state index contributed by atoms with van der Waals surface area (Å²) in [7, 11) is 0. The maximum atomic E-state index is 12.0. The normalized spacial score (nSPS) is 15.4. The van der Waals surface area contributed by atoms with Crippen LogP contribution in [0.2, 0.25) is 0 Å². The van der Waals surface area contributed by atoms with Crippen LogP contribution < -0.4 is 5.32 Å². The zero-order chi connectivity index (χ0) is 10.7. The number of Topliss-reactive ketones (excluding diaryl/α,β-unsaturated/α-hetero) is 1. The number of allylic oxidation sites excluding steroid dienone is 1. The Labute approximate surface area is 97.5 Å². The lowest BCUT2D eigenvalue weighted by Crippen LogP contribution is -2.18. The maximum absolute atomic E-state index is 12.0. The first-order chi connectivity index (χ1) is 7.27. The van der Waals surface area contributed by atoms with Crippen molar-refractivity contribution in [3.05, 3.63) is 46.1 Å². The van der Waals surface area contributed by atoms with Crippen molar-refractivity contribution in [2.75, 3.05) is 6.54 Å². The Bertz CT molecular complexity index is 395. The molecule has 0 aliphatic carbocycles. The molecule has 1 aromatic rings. The van der Waals surface area contributed by atoms with Gasteiger partial charge in [-0.2, -0.15) is 0 Å². The van der Waals surface area contributed by atoms with Gasteiger partial charge in [-0.05, 0) is 37.1 Å². The van der Waals surface area contributed by atoms with E-state index in [0.717, 1.165) is 35.0 Å². The lowest BCUT2D eigenvalue weighted by Gasteiger charge is -2.13. The number of rotatable bonds is 2. The van der Waals surface area contributed by atoms with Crippen LogP contribution in [0.1, 0.15) is 23.2 Å². The average Bonchev–Trinajstić information content (AvgIpc) is 2.30. The minimum Gasteiger partial charge on any atom is -0.391 e. The van der Waals surface area contributed by atoms with Gasteiger partial charge in [0.25, 0.3) is 0 Å². The number of ketones is 1. The standard InChI is InChI=1S/C12H12BrNO/c13-11-5-3-9(4-6-11)12(15)10-2-1-7-14-8-10/h3-6,8,14H,1-2,7H2. The molecule has 0 radical (unpaired) electrons. The third kappa shape index (κ3) is 2.48. The summed E-state index contributed by atoms with van der Waals surface area (Å²) in [6.07, 6.45) is 3.75. The molecule has 0 fully saturated rings. The zero-order valence-electron chi connectivity index (χ0n) is 8.29. The van der Waals surface area contributed by atoms with Crippen LogP contribution in [0.4, 0.5) is 0 Å². The minimum absolute atomic E-state index is 0.134. The highest BCUT2D eigenvalue weighted by atomic mass is 79.9. The van der Waals surface area contributed by atoms with Crippen molar-refractivity contribution in [2.45, 2.75) is 12.8 Å². The van der Waals surface area contributed by atoms with E-state index in [0.29, 0.717) is 0 Å². The van der Waals surface area contributed by atoms with Crippen molar-refractivity contribution < 1.29 is 4.79 Å². The van der Waals surface area contributed by atoms with Crippen molar-refractivity contribution in [1.82, 2.24) is 5.32 Å². The molecule has 1 aliphatic rings. The fourth-order valence-corrected chi connectivity index (χ4v) is 1.88. The van der Waals surface area contributed by atoms with Crippen LogP contribution in [0.15, 0.2) is 40.5 Å². The Morgan fingerprint density at radius 1 is 1.27 bits per heavy atom. The molecule has 0 amide bonds.